The van der Waals surface area contributed by atoms with Crippen molar-refractivity contribution in [1.82, 2.24) is 14.9 Å². The van der Waals surface area contributed by atoms with Crippen molar-refractivity contribution in [3.8, 4) is 11.4 Å². The third-order valence-corrected chi connectivity index (χ3v) is 6.22. The minimum atomic E-state index is -0.273. The molecule has 32 heavy (non-hydrogen) atoms. The maximum atomic E-state index is 13.1. The Labute approximate surface area is 185 Å². The van der Waals surface area contributed by atoms with Gasteiger partial charge in [0.2, 0.25) is 0 Å². The van der Waals surface area contributed by atoms with Gasteiger partial charge in [-0.25, -0.2) is 4.98 Å². The van der Waals surface area contributed by atoms with E-state index in [1.165, 1.54) is 12.8 Å². The lowest BCUT2D eigenvalue weighted by Gasteiger charge is -2.14. The Bertz CT molecular complexity index is 1340. The van der Waals surface area contributed by atoms with Crippen LogP contribution in [0.15, 0.2) is 66.7 Å². The molecule has 0 unspecified atom stereocenters. The maximum Gasteiger partial charge on any atom is 0.256 e. The molecular formula is C26H22N4O2. The van der Waals surface area contributed by atoms with Crippen LogP contribution in [0.2, 0.25) is 0 Å². The summed E-state index contributed by atoms with van der Waals surface area (Å²) >= 11 is 0. The van der Waals surface area contributed by atoms with Crippen LogP contribution in [0.1, 0.15) is 39.1 Å². The number of fused-ring (bicyclic) bond motifs is 2. The number of benzene rings is 3. The predicted molar refractivity (Wildman–Crippen MR) is 123 cm³/mol. The van der Waals surface area contributed by atoms with Crippen molar-refractivity contribution in [3.63, 3.8) is 0 Å². The fraction of sp³-hybridized carbons (Fsp3) is 0.192. The topological polar surface area (TPSA) is 78.1 Å². The highest BCUT2D eigenvalue weighted by molar-refractivity contribution is 6.13. The van der Waals surface area contributed by atoms with Gasteiger partial charge in [0, 0.05) is 24.3 Å². The predicted octanol–water partition coefficient (Wildman–Crippen LogP) is 4.85. The molecule has 2 heterocycles. The van der Waals surface area contributed by atoms with Crippen LogP contribution in [0.5, 0.6) is 0 Å². The number of H-pyrrole nitrogens is 1. The summed E-state index contributed by atoms with van der Waals surface area (Å²) in [5.74, 6) is 1.05. The van der Waals surface area contributed by atoms with Crippen molar-refractivity contribution < 1.29 is 9.59 Å². The van der Waals surface area contributed by atoms with Gasteiger partial charge in [0.15, 0.2) is 0 Å². The molecule has 158 valence electrons. The monoisotopic (exact) mass is 422 g/mol. The first-order chi connectivity index (χ1) is 15.7. The number of aromatic amines is 1. The molecule has 0 atom stereocenters. The van der Waals surface area contributed by atoms with Gasteiger partial charge in [-0.1, -0.05) is 36.4 Å². The molecule has 2 amide bonds. The molecule has 2 aliphatic rings. The van der Waals surface area contributed by atoms with Crippen LogP contribution in [0.25, 0.3) is 22.4 Å². The van der Waals surface area contributed by atoms with Gasteiger partial charge in [0.25, 0.3) is 11.8 Å². The molecule has 6 nitrogen and oxygen atoms in total. The molecule has 1 aromatic heterocycles. The molecule has 4 aromatic rings. The van der Waals surface area contributed by atoms with Gasteiger partial charge in [-0.2, -0.15) is 0 Å². The Morgan fingerprint density at radius 3 is 2.75 bits per heavy atom. The van der Waals surface area contributed by atoms with E-state index in [0.29, 0.717) is 29.3 Å². The van der Waals surface area contributed by atoms with E-state index < -0.39 is 0 Å². The van der Waals surface area contributed by atoms with Gasteiger partial charge in [0.05, 0.1) is 22.2 Å². The summed E-state index contributed by atoms with van der Waals surface area (Å²) < 4.78 is 0. The van der Waals surface area contributed by atoms with Gasteiger partial charge in [-0.3, -0.25) is 9.59 Å². The van der Waals surface area contributed by atoms with E-state index in [1.807, 2.05) is 65.6 Å². The summed E-state index contributed by atoms with van der Waals surface area (Å²) in [6.45, 7) is 1.38. The third-order valence-electron chi connectivity index (χ3n) is 6.22. The summed E-state index contributed by atoms with van der Waals surface area (Å²) in [4.78, 5) is 36.0. The van der Waals surface area contributed by atoms with E-state index in [-0.39, 0.29) is 11.8 Å². The second-order valence-corrected chi connectivity index (χ2v) is 8.61. The quantitative estimate of drug-likeness (QED) is 0.483. The van der Waals surface area contributed by atoms with Gasteiger partial charge >= 0.3 is 0 Å². The molecular weight excluding hydrogens is 400 g/mol. The van der Waals surface area contributed by atoms with Crippen molar-refractivity contribution in [3.05, 3.63) is 83.4 Å². The zero-order valence-corrected chi connectivity index (χ0v) is 17.5. The minimum Gasteiger partial charge on any atom is -0.338 e. The van der Waals surface area contributed by atoms with E-state index in [4.69, 9.17) is 0 Å². The Balaban J connectivity index is 1.26. The summed E-state index contributed by atoms with van der Waals surface area (Å²) in [6.07, 6.45) is 2.38. The highest BCUT2D eigenvalue weighted by Crippen LogP contribution is 2.34. The number of imidazole rings is 1. The van der Waals surface area contributed by atoms with E-state index in [0.717, 1.165) is 34.5 Å². The van der Waals surface area contributed by atoms with Crippen molar-refractivity contribution in [2.24, 2.45) is 5.92 Å². The number of amides is 2. The number of rotatable bonds is 5. The van der Waals surface area contributed by atoms with Crippen LogP contribution in [-0.2, 0) is 6.54 Å². The van der Waals surface area contributed by atoms with E-state index in [9.17, 15) is 9.59 Å². The molecule has 0 spiro atoms. The Morgan fingerprint density at radius 1 is 1.06 bits per heavy atom. The van der Waals surface area contributed by atoms with Crippen LogP contribution in [0, 0.1) is 5.92 Å². The Hall–Kier alpha value is -3.93. The summed E-state index contributed by atoms with van der Waals surface area (Å²) in [6, 6.07) is 21.0. The first kappa shape index (κ1) is 18.8. The van der Waals surface area contributed by atoms with Crippen LogP contribution < -0.4 is 5.32 Å². The molecule has 0 radical (unpaired) electrons. The molecule has 0 bridgehead atoms. The largest absolute Gasteiger partial charge is 0.338 e. The highest BCUT2D eigenvalue weighted by Gasteiger charge is 2.35. The highest BCUT2D eigenvalue weighted by atomic mass is 16.2. The number of carbonyl (C=O) groups is 2. The average molecular weight is 422 g/mol. The fourth-order valence-corrected chi connectivity index (χ4v) is 4.40. The molecule has 1 aliphatic carbocycles. The van der Waals surface area contributed by atoms with Crippen molar-refractivity contribution in [2.45, 2.75) is 19.4 Å². The molecule has 6 rings (SSSR count). The standard InChI is InChI=1S/C26H22N4O2/c31-25(20-8-4-6-18-15-30(14-16-11-12-16)26(32)23(18)20)27-19-7-3-5-17(13-19)24-28-21-9-1-2-10-22(21)29-24/h1-10,13,16H,11-12,14-15H2,(H,27,31)(H,28,29). The van der Waals surface area contributed by atoms with Gasteiger partial charge in [-0.05, 0) is 54.7 Å². The van der Waals surface area contributed by atoms with E-state index >= 15 is 0 Å². The lowest BCUT2D eigenvalue weighted by atomic mass is 10.0. The molecule has 0 saturated heterocycles. The van der Waals surface area contributed by atoms with Gasteiger partial charge < -0.3 is 15.2 Å². The molecule has 2 N–H and O–H groups in total. The fourth-order valence-electron chi connectivity index (χ4n) is 4.40. The number of nitrogens with zero attached hydrogens (tertiary/aromatic N) is 2. The molecule has 1 fully saturated rings. The zero-order valence-electron chi connectivity index (χ0n) is 17.5. The number of nitrogens with one attached hydrogen (secondary N) is 2. The SMILES string of the molecule is O=C(Nc1cccc(-c2nc3ccccc3[nH]2)c1)c1cccc2c1C(=O)N(CC1CC1)C2. The van der Waals surface area contributed by atoms with Crippen molar-refractivity contribution in [2.75, 3.05) is 11.9 Å². The van der Waals surface area contributed by atoms with E-state index in [2.05, 4.69) is 15.3 Å². The number of para-hydroxylation sites is 2. The summed E-state index contributed by atoms with van der Waals surface area (Å²) in [5, 5.41) is 2.97. The molecule has 1 aliphatic heterocycles. The van der Waals surface area contributed by atoms with Gasteiger partial charge in [-0.15, -0.1) is 0 Å². The first-order valence-electron chi connectivity index (χ1n) is 10.9. The average Bonchev–Trinajstić information content (AvgIpc) is 3.42. The smallest absolute Gasteiger partial charge is 0.256 e. The lowest BCUT2D eigenvalue weighted by Crippen LogP contribution is -2.27. The zero-order chi connectivity index (χ0) is 21.7. The second-order valence-electron chi connectivity index (χ2n) is 8.61. The minimum absolute atomic E-state index is 0.0336. The van der Waals surface area contributed by atoms with Crippen molar-refractivity contribution in [1.29, 1.82) is 0 Å². The normalized spacial score (nSPS) is 15.2. The van der Waals surface area contributed by atoms with Crippen molar-refractivity contribution >= 4 is 28.5 Å². The van der Waals surface area contributed by atoms with Crippen LogP contribution in [-0.4, -0.2) is 33.2 Å². The summed E-state index contributed by atoms with van der Waals surface area (Å²) in [7, 11) is 0. The number of aromatic nitrogens is 2. The molecule has 3 aromatic carbocycles. The van der Waals surface area contributed by atoms with Crippen LogP contribution in [0.4, 0.5) is 5.69 Å². The van der Waals surface area contributed by atoms with Crippen LogP contribution in [0.3, 0.4) is 0 Å². The first-order valence-corrected chi connectivity index (χ1v) is 10.9. The van der Waals surface area contributed by atoms with Crippen LogP contribution >= 0.6 is 0 Å². The number of carbonyl (C=O) groups excluding carboxylic acids is 2. The van der Waals surface area contributed by atoms with Gasteiger partial charge in [0.1, 0.15) is 5.82 Å². The molecule has 6 heteroatoms. The molecule has 1 saturated carbocycles. The number of hydrogen-bond donors (Lipinski definition) is 2. The third kappa shape index (κ3) is 3.34. The lowest BCUT2D eigenvalue weighted by molar-refractivity contribution is 0.0767. The Kier molecular flexibility index (Phi) is 4.31. The second kappa shape index (κ2) is 7.34. The maximum absolute atomic E-state index is 13.1. The Morgan fingerprint density at radius 2 is 1.91 bits per heavy atom. The van der Waals surface area contributed by atoms with E-state index in [1.54, 1.807) is 6.07 Å². The summed E-state index contributed by atoms with van der Waals surface area (Å²) in [5.41, 5.74) is 5.30. The number of anilines is 1. The number of hydrogen-bond acceptors (Lipinski definition) is 3.